The van der Waals surface area contributed by atoms with Crippen LogP contribution in [-0.2, 0) is 16.1 Å². The first kappa shape index (κ1) is 23.7. The number of piperidine rings is 1. The maximum absolute atomic E-state index is 11.5. The number of hydrogen-bond donors (Lipinski definition) is 2. The summed E-state index contributed by atoms with van der Waals surface area (Å²) in [4.78, 5) is 18.5. The van der Waals surface area contributed by atoms with Gasteiger partial charge in [0.15, 0.2) is 5.96 Å². The molecule has 1 aliphatic rings. The molecule has 2 rings (SSSR count). The highest BCUT2D eigenvalue weighted by Crippen LogP contribution is 2.20. The molecule has 0 unspecified atom stereocenters. The van der Waals surface area contributed by atoms with Gasteiger partial charge in [0, 0.05) is 33.1 Å². The summed E-state index contributed by atoms with van der Waals surface area (Å²) >= 11 is 0. The summed E-state index contributed by atoms with van der Waals surface area (Å²) in [7, 11) is 1.70. The van der Waals surface area contributed by atoms with Crippen molar-refractivity contribution in [2.24, 2.45) is 10.9 Å². The number of amides is 1. The highest BCUT2D eigenvalue weighted by Gasteiger charge is 2.22. The van der Waals surface area contributed by atoms with Crippen LogP contribution < -0.4 is 10.6 Å². The maximum atomic E-state index is 11.5. The van der Waals surface area contributed by atoms with Crippen molar-refractivity contribution in [2.75, 3.05) is 39.8 Å². The second-order valence-electron chi connectivity index (χ2n) is 6.58. The molecule has 1 aromatic rings. The van der Waals surface area contributed by atoms with Crippen molar-refractivity contribution in [2.45, 2.75) is 32.8 Å². The fraction of sp³-hybridized carbons (Fsp3) is 0.600. The Balaban J connectivity index is 0.00000364. The van der Waals surface area contributed by atoms with Gasteiger partial charge in [0.25, 0.3) is 0 Å². The summed E-state index contributed by atoms with van der Waals surface area (Å²) in [5, 5.41) is 6.08. The third-order valence-electron chi connectivity index (χ3n) is 4.61. The summed E-state index contributed by atoms with van der Waals surface area (Å²) < 4.78 is 5.71. The van der Waals surface area contributed by atoms with Gasteiger partial charge in [0.1, 0.15) is 0 Å². The number of likely N-dealkylation sites (tertiary alicyclic amines) is 1. The summed E-state index contributed by atoms with van der Waals surface area (Å²) in [6, 6.07) is 10.2. The minimum atomic E-state index is 0. The van der Waals surface area contributed by atoms with Gasteiger partial charge in [0.05, 0.1) is 19.8 Å². The zero-order valence-electron chi connectivity index (χ0n) is 16.4. The van der Waals surface area contributed by atoms with Crippen LogP contribution >= 0.6 is 24.0 Å². The number of ether oxygens (including phenoxy) is 1. The summed E-state index contributed by atoms with van der Waals surface area (Å²) in [5.74, 6) is 1.57. The van der Waals surface area contributed by atoms with E-state index >= 15 is 0 Å². The molecule has 152 valence electrons. The number of aliphatic imine (C=N–C) groups is 1. The van der Waals surface area contributed by atoms with Crippen LogP contribution in [0, 0.1) is 5.92 Å². The number of halogens is 1. The number of nitrogens with one attached hydrogen (secondary N) is 2. The molecule has 1 heterocycles. The Kier molecular flexibility index (Phi) is 12.1. The third kappa shape index (κ3) is 8.92. The number of benzene rings is 1. The van der Waals surface area contributed by atoms with E-state index < -0.39 is 0 Å². The number of carbonyl (C=O) groups is 1. The molecule has 0 aliphatic carbocycles. The molecule has 0 aromatic heterocycles. The standard InChI is InChI=1S/C20H32N4O2.HI/c1-3-22-20(23-11-14-26-16-18-7-5-4-6-8-18)24-12-9-17(10-13-24)15-19(25)21-2;/h4-8,17H,3,9-16H2,1-2H3,(H,21,25)(H,22,23);1H. The van der Waals surface area contributed by atoms with Crippen molar-refractivity contribution in [1.29, 1.82) is 0 Å². The van der Waals surface area contributed by atoms with Crippen LogP contribution in [0.15, 0.2) is 35.3 Å². The summed E-state index contributed by atoms with van der Waals surface area (Å²) in [6.45, 7) is 6.69. The van der Waals surface area contributed by atoms with Crippen LogP contribution in [0.3, 0.4) is 0 Å². The lowest BCUT2D eigenvalue weighted by molar-refractivity contribution is -0.121. The van der Waals surface area contributed by atoms with Crippen molar-refractivity contribution in [3.63, 3.8) is 0 Å². The van der Waals surface area contributed by atoms with Crippen molar-refractivity contribution in [3.05, 3.63) is 35.9 Å². The molecule has 1 saturated heterocycles. The van der Waals surface area contributed by atoms with Gasteiger partial charge in [-0.05, 0) is 31.2 Å². The minimum Gasteiger partial charge on any atom is -0.375 e. The molecular formula is C20H33IN4O2. The van der Waals surface area contributed by atoms with E-state index in [1.165, 1.54) is 5.56 Å². The first-order valence-electron chi connectivity index (χ1n) is 9.58. The van der Waals surface area contributed by atoms with Crippen molar-refractivity contribution < 1.29 is 9.53 Å². The van der Waals surface area contributed by atoms with Crippen LogP contribution in [0.4, 0.5) is 0 Å². The van der Waals surface area contributed by atoms with Crippen LogP contribution in [0.2, 0.25) is 0 Å². The van der Waals surface area contributed by atoms with Crippen molar-refractivity contribution in [3.8, 4) is 0 Å². The molecule has 1 aromatic carbocycles. The number of carbonyl (C=O) groups excluding carboxylic acids is 1. The predicted molar refractivity (Wildman–Crippen MR) is 120 cm³/mol. The van der Waals surface area contributed by atoms with Gasteiger partial charge in [0.2, 0.25) is 5.91 Å². The Morgan fingerprint density at radius 1 is 1.26 bits per heavy atom. The lowest BCUT2D eigenvalue weighted by atomic mass is 9.93. The van der Waals surface area contributed by atoms with Gasteiger partial charge in [-0.1, -0.05) is 30.3 Å². The average Bonchev–Trinajstić information content (AvgIpc) is 2.68. The van der Waals surface area contributed by atoms with E-state index in [4.69, 9.17) is 9.73 Å². The molecule has 0 bridgehead atoms. The second kappa shape index (κ2) is 13.8. The molecule has 1 aliphatic heterocycles. The van der Waals surface area contributed by atoms with Crippen molar-refractivity contribution in [1.82, 2.24) is 15.5 Å². The van der Waals surface area contributed by atoms with E-state index in [2.05, 4.69) is 34.6 Å². The Hall–Kier alpha value is -1.35. The Morgan fingerprint density at radius 2 is 1.96 bits per heavy atom. The van der Waals surface area contributed by atoms with E-state index in [1.54, 1.807) is 7.05 Å². The third-order valence-corrected chi connectivity index (χ3v) is 4.61. The SMILES string of the molecule is CCNC(=NCCOCc1ccccc1)N1CCC(CC(=O)NC)CC1.I. The van der Waals surface area contributed by atoms with Gasteiger partial charge < -0.3 is 20.3 Å². The predicted octanol–water partition coefficient (Wildman–Crippen LogP) is 2.63. The molecule has 0 atom stereocenters. The van der Waals surface area contributed by atoms with Crippen LogP contribution in [0.25, 0.3) is 0 Å². The summed E-state index contributed by atoms with van der Waals surface area (Å²) in [5.41, 5.74) is 1.18. The summed E-state index contributed by atoms with van der Waals surface area (Å²) in [6.07, 6.45) is 2.69. The quantitative estimate of drug-likeness (QED) is 0.256. The van der Waals surface area contributed by atoms with Gasteiger partial charge >= 0.3 is 0 Å². The monoisotopic (exact) mass is 488 g/mol. The number of nitrogens with zero attached hydrogens (tertiary/aromatic N) is 2. The first-order valence-corrected chi connectivity index (χ1v) is 9.58. The van der Waals surface area contributed by atoms with E-state index in [0.29, 0.717) is 32.1 Å². The molecule has 0 spiro atoms. The molecule has 0 radical (unpaired) electrons. The highest BCUT2D eigenvalue weighted by atomic mass is 127. The molecule has 1 amide bonds. The topological polar surface area (TPSA) is 66.0 Å². The van der Waals surface area contributed by atoms with Crippen LogP contribution in [0.1, 0.15) is 31.7 Å². The average molecular weight is 488 g/mol. The molecule has 27 heavy (non-hydrogen) atoms. The normalized spacial score (nSPS) is 15.2. The minimum absolute atomic E-state index is 0. The largest absolute Gasteiger partial charge is 0.375 e. The van der Waals surface area contributed by atoms with Gasteiger partial charge in [-0.15, -0.1) is 24.0 Å². The number of hydrogen-bond acceptors (Lipinski definition) is 3. The molecule has 1 fully saturated rings. The maximum Gasteiger partial charge on any atom is 0.220 e. The van der Waals surface area contributed by atoms with Crippen LogP contribution in [0.5, 0.6) is 0 Å². The first-order chi connectivity index (χ1) is 12.7. The van der Waals surface area contributed by atoms with E-state index in [9.17, 15) is 4.79 Å². The Labute approximate surface area is 180 Å². The lowest BCUT2D eigenvalue weighted by Gasteiger charge is -2.34. The molecule has 6 nitrogen and oxygen atoms in total. The van der Waals surface area contributed by atoms with Gasteiger partial charge in [-0.2, -0.15) is 0 Å². The molecule has 2 N–H and O–H groups in total. The zero-order valence-corrected chi connectivity index (χ0v) is 18.8. The van der Waals surface area contributed by atoms with E-state index in [-0.39, 0.29) is 29.9 Å². The van der Waals surface area contributed by atoms with E-state index in [1.807, 2.05) is 18.2 Å². The van der Waals surface area contributed by atoms with Gasteiger partial charge in [-0.25, -0.2) is 0 Å². The van der Waals surface area contributed by atoms with E-state index in [0.717, 1.165) is 38.4 Å². The van der Waals surface area contributed by atoms with Crippen molar-refractivity contribution >= 4 is 35.8 Å². The zero-order chi connectivity index (χ0) is 18.6. The van der Waals surface area contributed by atoms with Gasteiger partial charge in [-0.3, -0.25) is 9.79 Å². The van der Waals surface area contributed by atoms with Crippen LogP contribution in [-0.4, -0.2) is 56.6 Å². The number of rotatable bonds is 8. The second-order valence-corrected chi connectivity index (χ2v) is 6.58. The lowest BCUT2D eigenvalue weighted by Crippen LogP contribution is -2.46. The smallest absolute Gasteiger partial charge is 0.220 e. The fourth-order valence-corrected chi connectivity index (χ4v) is 3.12. The Bertz CT molecular complexity index is 560. The number of guanidine groups is 1. The Morgan fingerprint density at radius 3 is 2.59 bits per heavy atom. The highest BCUT2D eigenvalue weighted by molar-refractivity contribution is 14.0. The molecule has 7 heteroatoms. The molecule has 0 saturated carbocycles. The molecular weight excluding hydrogens is 455 g/mol. The fourth-order valence-electron chi connectivity index (χ4n) is 3.12.